The molecule has 2 atom stereocenters. The Kier molecular flexibility index (Phi) is 5.44. The highest BCUT2D eigenvalue weighted by Crippen LogP contribution is 2.27. The summed E-state index contributed by atoms with van der Waals surface area (Å²) in [6, 6.07) is 5.86. The normalized spacial score (nSPS) is 22.7. The van der Waals surface area contributed by atoms with E-state index < -0.39 is 5.91 Å². The number of hydrogen-bond acceptors (Lipinski definition) is 2. The number of amides is 1. The molecule has 3 N–H and O–H groups in total. The second kappa shape index (κ2) is 7.09. The van der Waals surface area contributed by atoms with E-state index in [2.05, 4.69) is 12.2 Å². The minimum Gasteiger partial charge on any atom is -0.366 e. The summed E-state index contributed by atoms with van der Waals surface area (Å²) in [6.45, 7) is 3.01. The Balaban J connectivity index is 1.98. The Hall–Kier alpha value is -1.06. The van der Waals surface area contributed by atoms with Gasteiger partial charge in [-0.2, -0.15) is 0 Å². The zero-order chi connectivity index (χ0) is 14.5. The molecule has 1 aliphatic carbocycles. The van der Waals surface area contributed by atoms with E-state index in [0.29, 0.717) is 16.6 Å². The van der Waals surface area contributed by atoms with Gasteiger partial charge in [-0.05, 0) is 36.5 Å². The van der Waals surface area contributed by atoms with Crippen molar-refractivity contribution >= 4 is 17.5 Å². The Labute approximate surface area is 125 Å². The first-order valence-electron chi connectivity index (χ1n) is 7.43. The maximum atomic E-state index is 11.1. The molecule has 110 valence electrons. The lowest BCUT2D eigenvalue weighted by atomic mass is 9.83. The van der Waals surface area contributed by atoms with Crippen LogP contribution >= 0.6 is 11.6 Å². The lowest BCUT2D eigenvalue weighted by molar-refractivity contribution is 0.100. The van der Waals surface area contributed by atoms with Crippen LogP contribution < -0.4 is 11.1 Å². The van der Waals surface area contributed by atoms with Crippen LogP contribution in [-0.4, -0.2) is 11.9 Å². The van der Waals surface area contributed by atoms with E-state index in [1.165, 1.54) is 32.1 Å². The molecule has 0 spiro atoms. The van der Waals surface area contributed by atoms with Crippen LogP contribution in [0.5, 0.6) is 0 Å². The van der Waals surface area contributed by atoms with Crippen LogP contribution in [0.4, 0.5) is 0 Å². The summed E-state index contributed by atoms with van der Waals surface area (Å²) in [7, 11) is 0. The summed E-state index contributed by atoms with van der Waals surface area (Å²) in [5.41, 5.74) is 6.73. The molecule has 3 nitrogen and oxygen atoms in total. The van der Waals surface area contributed by atoms with Gasteiger partial charge in [0.05, 0.1) is 0 Å². The van der Waals surface area contributed by atoms with E-state index in [4.69, 9.17) is 17.3 Å². The zero-order valence-corrected chi connectivity index (χ0v) is 12.7. The van der Waals surface area contributed by atoms with Crippen molar-refractivity contribution in [2.45, 2.75) is 51.6 Å². The minimum absolute atomic E-state index is 0.440. The maximum Gasteiger partial charge on any atom is 0.248 e. The monoisotopic (exact) mass is 294 g/mol. The van der Waals surface area contributed by atoms with Gasteiger partial charge in [-0.3, -0.25) is 4.79 Å². The molecular formula is C16H23ClN2O. The van der Waals surface area contributed by atoms with E-state index in [9.17, 15) is 4.79 Å². The van der Waals surface area contributed by atoms with Crippen molar-refractivity contribution in [3.8, 4) is 0 Å². The number of rotatable bonds is 5. The van der Waals surface area contributed by atoms with E-state index in [1.807, 2.05) is 6.07 Å². The highest BCUT2D eigenvalue weighted by molar-refractivity contribution is 6.31. The predicted molar refractivity (Wildman–Crippen MR) is 82.8 cm³/mol. The molecule has 0 radical (unpaired) electrons. The first-order valence-corrected chi connectivity index (χ1v) is 7.81. The van der Waals surface area contributed by atoms with Crippen LogP contribution in [0.2, 0.25) is 5.02 Å². The average molecular weight is 295 g/mol. The number of nitrogens with two attached hydrogens (primary N) is 1. The van der Waals surface area contributed by atoms with Gasteiger partial charge in [-0.15, -0.1) is 0 Å². The van der Waals surface area contributed by atoms with Gasteiger partial charge in [0.2, 0.25) is 5.91 Å². The number of carbonyl (C=O) groups excluding carboxylic acids is 1. The van der Waals surface area contributed by atoms with E-state index >= 15 is 0 Å². The van der Waals surface area contributed by atoms with Crippen LogP contribution in [0.1, 0.15) is 54.9 Å². The van der Waals surface area contributed by atoms with Crippen LogP contribution in [-0.2, 0) is 6.54 Å². The van der Waals surface area contributed by atoms with E-state index in [0.717, 1.165) is 18.0 Å². The Morgan fingerprint density at radius 1 is 1.40 bits per heavy atom. The molecule has 0 heterocycles. The van der Waals surface area contributed by atoms with Crippen molar-refractivity contribution < 1.29 is 4.79 Å². The van der Waals surface area contributed by atoms with Gasteiger partial charge in [-0.1, -0.05) is 43.9 Å². The topological polar surface area (TPSA) is 55.1 Å². The molecule has 2 unspecified atom stereocenters. The van der Waals surface area contributed by atoms with Crippen molar-refractivity contribution in [3.05, 3.63) is 34.3 Å². The van der Waals surface area contributed by atoms with Gasteiger partial charge in [0.15, 0.2) is 0 Å². The first kappa shape index (κ1) is 15.3. The van der Waals surface area contributed by atoms with Crippen LogP contribution in [0.15, 0.2) is 18.2 Å². The first-order chi connectivity index (χ1) is 9.61. The van der Waals surface area contributed by atoms with Gasteiger partial charge < -0.3 is 11.1 Å². The minimum atomic E-state index is -0.440. The maximum absolute atomic E-state index is 11.1. The molecule has 1 amide bonds. The van der Waals surface area contributed by atoms with Crippen molar-refractivity contribution in [2.75, 3.05) is 0 Å². The zero-order valence-electron chi connectivity index (χ0n) is 12.0. The summed E-state index contributed by atoms with van der Waals surface area (Å²) in [4.78, 5) is 11.1. The lowest BCUT2D eigenvalue weighted by Crippen LogP contribution is -2.37. The summed E-state index contributed by atoms with van der Waals surface area (Å²) < 4.78 is 0. The third kappa shape index (κ3) is 3.74. The number of carbonyl (C=O) groups is 1. The predicted octanol–water partition coefficient (Wildman–Crippen LogP) is 3.50. The number of primary amides is 1. The molecule has 1 aromatic rings. The summed E-state index contributed by atoms with van der Waals surface area (Å²) in [5, 5.41) is 4.24. The van der Waals surface area contributed by atoms with Gasteiger partial charge in [0, 0.05) is 23.2 Å². The van der Waals surface area contributed by atoms with Crippen LogP contribution in [0.25, 0.3) is 0 Å². The Morgan fingerprint density at radius 2 is 2.15 bits per heavy atom. The Morgan fingerprint density at radius 3 is 2.80 bits per heavy atom. The second-order valence-electron chi connectivity index (χ2n) is 5.61. The van der Waals surface area contributed by atoms with Crippen LogP contribution in [0, 0.1) is 5.92 Å². The molecule has 20 heavy (non-hydrogen) atoms. The van der Waals surface area contributed by atoms with Crippen molar-refractivity contribution in [2.24, 2.45) is 11.7 Å². The highest BCUT2D eigenvalue weighted by atomic mass is 35.5. The number of hydrogen-bond donors (Lipinski definition) is 2. The van der Waals surface area contributed by atoms with Gasteiger partial charge in [0.25, 0.3) is 0 Å². The van der Waals surface area contributed by atoms with Gasteiger partial charge in [0.1, 0.15) is 0 Å². The molecule has 0 saturated heterocycles. The molecule has 4 heteroatoms. The standard InChI is InChI=1S/C16H23ClN2O/c1-2-11-5-3-4-6-15(11)19-10-13-8-7-12(16(18)20)9-14(13)17/h7-9,11,15,19H,2-6,10H2,1H3,(H2,18,20). The molecule has 0 aromatic heterocycles. The smallest absolute Gasteiger partial charge is 0.248 e. The summed E-state index contributed by atoms with van der Waals surface area (Å²) >= 11 is 6.21. The molecule has 1 saturated carbocycles. The molecule has 1 aliphatic rings. The van der Waals surface area contributed by atoms with E-state index in [-0.39, 0.29) is 0 Å². The largest absolute Gasteiger partial charge is 0.366 e. The number of benzene rings is 1. The number of nitrogens with one attached hydrogen (secondary N) is 1. The fourth-order valence-corrected chi connectivity index (χ4v) is 3.30. The summed E-state index contributed by atoms with van der Waals surface area (Å²) in [5.74, 6) is 0.331. The molecule has 0 bridgehead atoms. The third-order valence-electron chi connectivity index (χ3n) is 4.33. The highest BCUT2D eigenvalue weighted by Gasteiger charge is 2.23. The third-order valence-corrected chi connectivity index (χ3v) is 4.68. The molecule has 2 rings (SSSR count). The van der Waals surface area contributed by atoms with Crippen LogP contribution in [0.3, 0.4) is 0 Å². The van der Waals surface area contributed by atoms with Gasteiger partial charge >= 0.3 is 0 Å². The molecule has 1 fully saturated rings. The quantitative estimate of drug-likeness (QED) is 0.873. The van der Waals surface area contributed by atoms with Gasteiger partial charge in [-0.25, -0.2) is 0 Å². The molecule has 1 aromatic carbocycles. The Bertz CT molecular complexity index is 476. The fourth-order valence-electron chi connectivity index (χ4n) is 3.05. The SMILES string of the molecule is CCC1CCCCC1NCc1ccc(C(N)=O)cc1Cl. The summed E-state index contributed by atoms with van der Waals surface area (Å²) in [6.07, 6.45) is 6.46. The second-order valence-corrected chi connectivity index (χ2v) is 6.02. The molecule has 0 aliphatic heterocycles. The average Bonchev–Trinajstić information content (AvgIpc) is 2.46. The lowest BCUT2D eigenvalue weighted by Gasteiger charge is -2.31. The number of halogens is 1. The van der Waals surface area contributed by atoms with E-state index in [1.54, 1.807) is 12.1 Å². The van der Waals surface area contributed by atoms with Crippen molar-refractivity contribution in [1.29, 1.82) is 0 Å². The van der Waals surface area contributed by atoms with Crippen molar-refractivity contribution in [1.82, 2.24) is 5.32 Å². The van der Waals surface area contributed by atoms with Crippen molar-refractivity contribution in [3.63, 3.8) is 0 Å². The molecular weight excluding hydrogens is 272 g/mol. The fraction of sp³-hybridized carbons (Fsp3) is 0.562.